The van der Waals surface area contributed by atoms with Gasteiger partial charge in [-0.15, -0.1) is 0 Å². The summed E-state index contributed by atoms with van der Waals surface area (Å²) in [6.07, 6.45) is 1.70. The fourth-order valence-corrected chi connectivity index (χ4v) is 2.90. The molecule has 0 amide bonds. The molecule has 0 fully saturated rings. The Labute approximate surface area is 144 Å². The van der Waals surface area contributed by atoms with Gasteiger partial charge in [0, 0.05) is 5.56 Å². The molecule has 0 unspecified atom stereocenters. The lowest BCUT2D eigenvalue weighted by molar-refractivity contribution is -0.129. The Bertz CT molecular complexity index is 1070. The third kappa shape index (κ3) is 2.83. The number of carbonyl (C=O) groups excluding carboxylic acids is 1. The first-order valence-electron chi connectivity index (χ1n) is 7.89. The Hall–Kier alpha value is -3.27. The highest BCUT2D eigenvalue weighted by atomic mass is 19.1. The molecule has 0 saturated carbocycles. The minimum absolute atomic E-state index is 0.118. The molecule has 1 heterocycles. The van der Waals surface area contributed by atoms with Crippen LogP contribution in [-0.2, 0) is 9.53 Å². The summed E-state index contributed by atoms with van der Waals surface area (Å²) >= 11 is 0. The highest BCUT2D eigenvalue weighted by molar-refractivity contribution is 6.13. The van der Waals surface area contributed by atoms with Crippen LogP contribution in [0.5, 0.6) is 0 Å². The highest BCUT2D eigenvalue weighted by Gasteiger charge is 2.24. The molecule has 0 atom stereocenters. The number of aryl methyl sites for hydroxylation is 1. The summed E-state index contributed by atoms with van der Waals surface area (Å²) < 4.78 is 18.6. The van der Waals surface area contributed by atoms with E-state index in [4.69, 9.17) is 4.74 Å². The van der Waals surface area contributed by atoms with Crippen molar-refractivity contribution in [3.8, 4) is 0 Å². The fraction of sp³-hybridized carbons (Fsp3) is 0.0476. The highest BCUT2D eigenvalue weighted by Crippen LogP contribution is 2.26. The molecule has 0 saturated heterocycles. The monoisotopic (exact) mass is 331 g/mol. The third-order valence-corrected chi connectivity index (χ3v) is 4.16. The second kappa shape index (κ2) is 5.98. The first kappa shape index (κ1) is 15.3. The number of cyclic esters (lactones) is 1. The van der Waals surface area contributed by atoms with E-state index < -0.39 is 11.8 Å². The molecule has 1 aliphatic rings. The lowest BCUT2D eigenvalue weighted by atomic mass is 10.00. The number of halogens is 1. The number of rotatable bonds is 2. The van der Waals surface area contributed by atoms with Crippen LogP contribution in [0.2, 0.25) is 0 Å². The second-order valence-corrected chi connectivity index (χ2v) is 5.86. The summed E-state index contributed by atoms with van der Waals surface area (Å²) in [6.45, 7) is 2.04. The first-order chi connectivity index (χ1) is 12.1. The lowest BCUT2D eigenvalue weighted by Crippen LogP contribution is -2.05. The standard InChI is InChI=1S/C21H14FNO2/c1-13-9-10-14(18-8-3-2-7-17(13)18)12-19-21(24)25-20(23-19)15-5-4-6-16(22)11-15/h2-12H,1H3/b19-12-. The molecule has 0 bridgehead atoms. The number of ether oxygens (including phenoxy) is 1. The zero-order chi connectivity index (χ0) is 17.4. The summed E-state index contributed by atoms with van der Waals surface area (Å²) in [7, 11) is 0. The number of nitrogens with zero attached hydrogens (tertiary/aromatic N) is 1. The summed E-state index contributed by atoms with van der Waals surface area (Å²) in [4.78, 5) is 16.4. The maximum absolute atomic E-state index is 13.4. The molecular formula is C21H14FNO2. The summed E-state index contributed by atoms with van der Waals surface area (Å²) in [6, 6.07) is 17.8. The summed E-state index contributed by atoms with van der Waals surface area (Å²) in [5, 5.41) is 2.16. The van der Waals surface area contributed by atoms with Crippen molar-refractivity contribution in [3.63, 3.8) is 0 Å². The Morgan fingerprint density at radius 2 is 1.80 bits per heavy atom. The van der Waals surface area contributed by atoms with E-state index in [1.807, 2.05) is 43.3 Å². The van der Waals surface area contributed by atoms with Crippen molar-refractivity contribution in [3.05, 3.63) is 88.9 Å². The average molecular weight is 331 g/mol. The molecule has 0 spiro atoms. The summed E-state index contributed by atoms with van der Waals surface area (Å²) in [5.41, 5.74) is 2.69. The van der Waals surface area contributed by atoms with Crippen LogP contribution in [-0.4, -0.2) is 11.9 Å². The van der Waals surface area contributed by atoms with Crippen molar-refractivity contribution >= 4 is 28.7 Å². The smallest absolute Gasteiger partial charge is 0.363 e. The molecule has 3 aromatic rings. The normalized spacial score (nSPS) is 15.5. The predicted octanol–water partition coefficient (Wildman–Crippen LogP) is 4.63. The van der Waals surface area contributed by atoms with Crippen molar-refractivity contribution in [2.24, 2.45) is 4.99 Å². The van der Waals surface area contributed by atoms with Crippen molar-refractivity contribution in [2.45, 2.75) is 6.92 Å². The van der Waals surface area contributed by atoms with E-state index in [1.54, 1.807) is 18.2 Å². The average Bonchev–Trinajstić information content (AvgIpc) is 2.98. The first-order valence-corrected chi connectivity index (χ1v) is 7.89. The van der Waals surface area contributed by atoms with Crippen molar-refractivity contribution in [2.75, 3.05) is 0 Å². The zero-order valence-electron chi connectivity index (χ0n) is 13.5. The minimum atomic E-state index is -0.538. The molecule has 0 aromatic heterocycles. The number of aliphatic imine (C=N–C) groups is 1. The molecule has 122 valence electrons. The molecule has 0 radical (unpaired) electrons. The van der Waals surface area contributed by atoms with Gasteiger partial charge in [-0.1, -0.05) is 42.5 Å². The van der Waals surface area contributed by atoms with Gasteiger partial charge in [0.1, 0.15) is 5.82 Å². The van der Waals surface area contributed by atoms with Gasteiger partial charge in [-0.2, -0.15) is 0 Å². The van der Waals surface area contributed by atoms with E-state index in [0.717, 1.165) is 21.9 Å². The molecule has 4 heteroatoms. The van der Waals surface area contributed by atoms with Crippen LogP contribution in [0.25, 0.3) is 16.8 Å². The van der Waals surface area contributed by atoms with Gasteiger partial charge in [-0.3, -0.25) is 0 Å². The number of carbonyl (C=O) groups is 1. The number of esters is 1. The van der Waals surface area contributed by atoms with Crippen LogP contribution in [0.4, 0.5) is 4.39 Å². The number of fused-ring (bicyclic) bond motifs is 1. The Balaban J connectivity index is 1.80. The van der Waals surface area contributed by atoms with Gasteiger partial charge in [-0.05, 0) is 53.1 Å². The molecule has 3 nitrogen and oxygen atoms in total. The minimum Gasteiger partial charge on any atom is -0.402 e. The number of hydrogen-bond acceptors (Lipinski definition) is 3. The van der Waals surface area contributed by atoms with Gasteiger partial charge in [0.15, 0.2) is 5.70 Å². The van der Waals surface area contributed by atoms with Gasteiger partial charge in [-0.25, -0.2) is 14.2 Å². The Kier molecular flexibility index (Phi) is 3.65. The maximum Gasteiger partial charge on any atom is 0.363 e. The van der Waals surface area contributed by atoms with E-state index in [0.29, 0.717) is 5.56 Å². The van der Waals surface area contributed by atoms with Gasteiger partial charge in [0.25, 0.3) is 0 Å². The van der Waals surface area contributed by atoms with Crippen LogP contribution >= 0.6 is 0 Å². The predicted molar refractivity (Wildman–Crippen MR) is 95.7 cm³/mol. The van der Waals surface area contributed by atoms with E-state index in [9.17, 15) is 9.18 Å². The van der Waals surface area contributed by atoms with E-state index in [2.05, 4.69) is 4.99 Å². The van der Waals surface area contributed by atoms with Gasteiger partial charge >= 0.3 is 5.97 Å². The molecule has 0 aliphatic carbocycles. The van der Waals surface area contributed by atoms with Crippen LogP contribution in [0.1, 0.15) is 16.7 Å². The van der Waals surface area contributed by atoms with Crippen molar-refractivity contribution in [1.82, 2.24) is 0 Å². The SMILES string of the molecule is Cc1ccc(/C=C2\N=C(c3cccc(F)c3)OC2=O)c2ccccc12. The largest absolute Gasteiger partial charge is 0.402 e. The molecular weight excluding hydrogens is 317 g/mol. The number of benzene rings is 3. The van der Waals surface area contributed by atoms with Gasteiger partial charge in [0.2, 0.25) is 5.90 Å². The fourth-order valence-electron chi connectivity index (χ4n) is 2.90. The molecule has 3 aromatic carbocycles. The molecule has 4 rings (SSSR count). The van der Waals surface area contributed by atoms with E-state index in [-0.39, 0.29) is 11.6 Å². The second-order valence-electron chi connectivity index (χ2n) is 5.86. The molecule has 0 N–H and O–H groups in total. The van der Waals surface area contributed by atoms with Crippen LogP contribution < -0.4 is 0 Å². The van der Waals surface area contributed by atoms with Gasteiger partial charge in [0.05, 0.1) is 0 Å². The van der Waals surface area contributed by atoms with Crippen molar-refractivity contribution in [1.29, 1.82) is 0 Å². The Morgan fingerprint density at radius 1 is 1.00 bits per heavy atom. The van der Waals surface area contributed by atoms with Crippen LogP contribution in [0.15, 0.2) is 71.4 Å². The lowest BCUT2D eigenvalue weighted by Gasteiger charge is -2.05. The van der Waals surface area contributed by atoms with Crippen LogP contribution in [0.3, 0.4) is 0 Å². The Morgan fingerprint density at radius 3 is 2.60 bits per heavy atom. The quantitative estimate of drug-likeness (QED) is 0.507. The molecule has 25 heavy (non-hydrogen) atoms. The topological polar surface area (TPSA) is 38.7 Å². The summed E-state index contributed by atoms with van der Waals surface area (Å²) in [5.74, 6) is -0.825. The zero-order valence-corrected chi connectivity index (χ0v) is 13.5. The third-order valence-electron chi connectivity index (χ3n) is 4.16. The van der Waals surface area contributed by atoms with Crippen LogP contribution in [0, 0.1) is 12.7 Å². The van der Waals surface area contributed by atoms with Gasteiger partial charge < -0.3 is 4.74 Å². The van der Waals surface area contributed by atoms with Crippen molar-refractivity contribution < 1.29 is 13.9 Å². The number of hydrogen-bond donors (Lipinski definition) is 0. The van der Waals surface area contributed by atoms with E-state index >= 15 is 0 Å². The van der Waals surface area contributed by atoms with E-state index in [1.165, 1.54) is 12.1 Å². The maximum atomic E-state index is 13.4. The molecule has 1 aliphatic heterocycles.